The van der Waals surface area contributed by atoms with E-state index in [9.17, 15) is 14.0 Å². The number of carbonyl (C=O) groups is 2. The van der Waals surface area contributed by atoms with Crippen LogP contribution in [0.15, 0.2) is 12.1 Å². The van der Waals surface area contributed by atoms with Gasteiger partial charge in [-0.25, -0.2) is 9.18 Å². The average molecular weight is 308 g/mol. The molecule has 1 amide bonds. The van der Waals surface area contributed by atoms with Crippen LogP contribution in [0.2, 0.25) is 0 Å². The fourth-order valence-corrected chi connectivity index (χ4v) is 2.80. The van der Waals surface area contributed by atoms with Crippen LogP contribution in [-0.4, -0.2) is 43.5 Å². The van der Waals surface area contributed by atoms with Gasteiger partial charge in [0.1, 0.15) is 11.4 Å². The number of hydrogen-bond acceptors (Lipinski definition) is 4. The van der Waals surface area contributed by atoms with Crippen molar-refractivity contribution in [2.45, 2.75) is 31.7 Å². The molecule has 6 heteroatoms. The van der Waals surface area contributed by atoms with Gasteiger partial charge in [0.05, 0.1) is 18.4 Å². The summed E-state index contributed by atoms with van der Waals surface area (Å²) in [6.07, 6.45) is 2.51. The molecule has 1 N–H and O–H groups in total. The zero-order chi connectivity index (χ0) is 16.5. The van der Waals surface area contributed by atoms with E-state index in [1.165, 1.54) is 13.2 Å². The minimum absolute atomic E-state index is 0.0292. The summed E-state index contributed by atoms with van der Waals surface area (Å²) in [7, 11) is 4.94. The minimum Gasteiger partial charge on any atom is -0.465 e. The molecule has 1 fully saturated rings. The van der Waals surface area contributed by atoms with Gasteiger partial charge in [0.15, 0.2) is 0 Å². The van der Waals surface area contributed by atoms with Crippen molar-refractivity contribution >= 4 is 17.6 Å². The van der Waals surface area contributed by atoms with Crippen LogP contribution in [0.1, 0.15) is 35.2 Å². The Morgan fingerprint density at radius 1 is 1.32 bits per heavy atom. The molecular formula is C16H21FN2O3. The highest BCUT2D eigenvalue weighted by Crippen LogP contribution is 2.37. The van der Waals surface area contributed by atoms with Gasteiger partial charge in [0.25, 0.3) is 0 Å². The summed E-state index contributed by atoms with van der Waals surface area (Å²) in [4.78, 5) is 26.4. The fraction of sp³-hybridized carbons (Fsp3) is 0.500. The number of likely N-dealkylation sites (N-methyl/N-ethyl adjacent to an activating group) is 1. The van der Waals surface area contributed by atoms with Crippen LogP contribution in [0.5, 0.6) is 0 Å². The average Bonchev–Trinajstić information content (AvgIpc) is 2.38. The second kappa shape index (κ2) is 6.04. The number of nitrogens with one attached hydrogen (secondary N) is 1. The molecule has 0 radical (unpaired) electrons. The van der Waals surface area contributed by atoms with Crippen molar-refractivity contribution in [3.05, 3.63) is 29.1 Å². The second-order valence-electron chi connectivity index (χ2n) is 5.87. The number of ether oxygens (including phenoxy) is 1. The lowest BCUT2D eigenvalue weighted by atomic mass is 9.75. The molecular weight excluding hydrogens is 287 g/mol. The number of carbonyl (C=O) groups excluding carboxylic acids is 2. The van der Waals surface area contributed by atoms with Crippen LogP contribution in [0.3, 0.4) is 0 Å². The summed E-state index contributed by atoms with van der Waals surface area (Å²) in [6, 6.07) is 2.36. The largest absolute Gasteiger partial charge is 0.465 e. The number of amides is 1. The Hall–Kier alpha value is -1.95. The van der Waals surface area contributed by atoms with Crippen molar-refractivity contribution < 1.29 is 18.7 Å². The highest BCUT2D eigenvalue weighted by atomic mass is 19.1. The highest BCUT2D eigenvalue weighted by molar-refractivity contribution is 6.05. The van der Waals surface area contributed by atoms with Crippen LogP contribution in [0, 0.1) is 12.7 Å². The Morgan fingerprint density at radius 3 is 2.41 bits per heavy atom. The molecule has 0 unspecified atom stereocenters. The van der Waals surface area contributed by atoms with Crippen LogP contribution in [-0.2, 0) is 9.53 Å². The Morgan fingerprint density at radius 2 is 1.95 bits per heavy atom. The van der Waals surface area contributed by atoms with Gasteiger partial charge in [-0.1, -0.05) is 0 Å². The summed E-state index contributed by atoms with van der Waals surface area (Å²) >= 11 is 0. The van der Waals surface area contributed by atoms with E-state index < -0.39 is 17.3 Å². The van der Waals surface area contributed by atoms with Crippen LogP contribution >= 0.6 is 0 Å². The lowest BCUT2D eigenvalue weighted by Crippen LogP contribution is -2.58. The molecule has 0 heterocycles. The lowest BCUT2D eigenvalue weighted by molar-refractivity contribution is -0.131. The molecule has 1 aromatic carbocycles. The van der Waals surface area contributed by atoms with E-state index in [1.54, 1.807) is 6.92 Å². The molecule has 1 saturated carbocycles. The molecule has 1 aromatic rings. The molecule has 0 atom stereocenters. The zero-order valence-electron chi connectivity index (χ0n) is 13.3. The van der Waals surface area contributed by atoms with Gasteiger partial charge in [0, 0.05) is 0 Å². The Bertz CT molecular complexity index is 610. The maximum absolute atomic E-state index is 13.6. The smallest absolute Gasteiger partial charge is 0.340 e. The molecule has 1 aliphatic rings. The predicted octanol–water partition coefficient (Wildman–Crippen LogP) is 2.34. The predicted molar refractivity (Wildman–Crippen MR) is 81.4 cm³/mol. The standard InChI is InChI=1S/C16H21FN2O3/c1-10-8-11(17)9-12(14(20)22-4)13(10)18-15(21)16(19(2)3)6-5-7-16/h8-9H,5-7H2,1-4H3,(H,18,21). The van der Waals surface area contributed by atoms with Crippen molar-refractivity contribution in [1.82, 2.24) is 4.90 Å². The highest BCUT2D eigenvalue weighted by Gasteiger charge is 2.46. The zero-order valence-corrected chi connectivity index (χ0v) is 13.3. The lowest BCUT2D eigenvalue weighted by Gasteiger charge is -2.45. The van der Waals surface area contributed by atoms with E-state index in [1.807, 2.05) is 19.0 Å². The molecule has 0 saturated heterocycles. The van der Waals surface area contributed by atoms with Gasteiger partial charge in [-0.3, -0.25) is 9.69 Å². The van der Waals surface area contributed by atoms with Gasteiger partial charge < -0.3 is 10.1 Å². The fourth-order valence-electron chi connectivity index (χ4n) is 2.80. The number of rotatable bonds is 4. The number of methoxy groups -OCH3 is 1. The van der Waals surface area contributed by atoms with Gasteiger partial charge in [-0.15, -0.1) is 0 Å². The Balaban J connectivity index is 2.37. The number of esters is 1. The number of anilines is 1. The third-order valence-corrected chi connectivity index (χ3v) is 4.40. The minimum atomic E-state index is -0.676. The molecule has 0 aromatic heterocycles. The monoisotopic (exact) mass is 308 g/mol. The van der Waals surface area contributed by atoms with Gasteiger partial charge >= 0.3 is 5.97 Å². The van der Waals surface area contributed by atoms with E-state index in [4.69, 9.17) is 0 Å². The normalized spacial score (nSPS) is 16.1. The quantitative estimate of drug-likeness (QED) is 0.867. The maximum atomic E-state index is 13.6. The number of nitrogens with zero attached hydrogens (tertiary/aromatic N) is 1. The molecule has 0 bridgehead atoms. The van der Waals surface area contributed by atoms with E-state index in [0.29, 0.717) is 11.3 Å². The molecule has 0 aliphatic heterocycles. The van der Waals surface area contributed by atoms with Gasteiger partial charge in [-0.2, -0.15) is 0 Å². The first-order chi connectivity index (χ1) is 10.3. The number of benzene rings is 1. The molecule has 120 valence electrons. The van der Waals surface area contributed by atoms with Gasteiger partial charge in [-0.05, 0) is 58.0 Å². The second-order valence-corrected chi connectivity index (χ2v) is 5.87. The van der Waals surface area contributed by atoms with Crippen molar-refractivity contribution in [2.75, 3.05) is 26.5 Å². The molecule has 5 nitrogen and oxygen atoms in total. The third kappa shape index (κ3) is 2.70. The van der Waals surface area contributed by atoms with E-state index in [0.717, 1.165) is 25.3 Å². The van der Waals surface area contributed by atoms with Crippen LogP contribution in [0.4, 0.5) is 10.1 Å². The first kappa shape index (κ1) is 16.4. The van der Waals surface area contributed by atoms with Crippen LogP contribution < -0.4 is 5.32 Å². The summed E-state index contributed by atoms with van der Waals surface area (Å²) < 4.78 is 18.2. The molecule has 22 heavy (non-hydrogen) atoms. The number of aryl methyl sites for hydroxylation is 1. The summed E-state index contributed by atoms with van der Waals surface area (Å²) in [6.45, 7) is 1.65. The first-order valence-electron chi connectivity index (χ1n) is 7.19. The SMILES string of the molecule is COC(=O)c1cc(F)cc(C)c1NC(=O)C1(N(C)C)CCC1. The summed E-state index contributed by atoms with van der Waals surface area (Å²) in [5.74, 6) is -1.39. The molecule has 1 aliphatic carbocycles. The number of hydrogen-bond donors (Lipinski definition) is 1. The molecule has 0 spiro atoms. The van der Waals surface area contributed by atoms with E-state index in [2.05, 4.69) is 10.1 Å². The van der Waals surface area contributed by atoms with Crippen molar-refractivity contribution in [3.63, 3.8) is 0 Å². The summed E-state index contributed by atoms with van der Waals surface area (Å²) in [5.41, 5.74) is 0.267. The van der Waals surface area contributed by atoms with E-state index >= 15 is 0 Å². The topological polar surface area (TPSA) is 58.6 Å². The summed E-state index contributed by atoms with van der Waals surface area (Å²) in [5, 5.41) is 2.80. The van der Waals surface area contributed by atoms with Crippen molar-refractivity contribution in [3.8, 4) is 0 Å². The third-order valence-electron chi connectivity index (χ3n) is 4.40. The van der Waals surface area contributed by atoms with E-state index in [-0.39, 0.29) is 11.5 Å². The van der Waals surface area contributed by atoms with Crippen LogP contribution in [0.25, 0.3) is 0 Å². The first-order valence-corrected chi connectivity index (χ1v) is 7.19. The Kier molecular flexibility index (Phi) is 4.51. The maximum Gasteiger partial charge on any atom is 0.340 e. The number of halogens is 1. The Labute approximate surface area is 129 Å². The molecule has 2 rings (SSSR count). The van der Waals surface area contributed by atoms with Crippen molar-refractivity contribution in [1.29, 1.82) is 0 Å². The van der Waals surface area contributed by atoms with Gasteiger partial charge in [0.2, 0.25) is 5.91 Å². The van der Waals surface area contributed by atoms with Crippen molar-refractivity contribution in [2.24, 2.45) is 0 Å².